The average molecular weight is 277 g/mol. The highest BCUT2D eigenvalue weighted by Crippen LogP contribution is 2.35. The summed E-state index contributed by atoms with van der Waals surface area (Å²) in [7, 11) is 0. The Hall–Kier alpha value is -1.22. The maximum absolute atomic E-state index is 5.84. The number of hydrogen-bond acceptors (Lipinski definition) is 3. The molecule has 1 aliphatic rings. The molecule has 0 fully saturated rings. The lowest BCUT2D eigenvalue weighted by Crippen LogP contribution is -2.26. The van der Waals surface area contributed by atoms with Gasteiger partial charge in [-0.05, 0) is 31.4 Å². The molecule has 20 heavy (non-hydrogen) atoms. The number of ether oxygens (including phenoxy) is 2. The molecular weight excluding hydrogens is 250 g/mol. The number of fused-ring (bicyclic) bond motifs is 1. The van der Waals surface area contributed by atoms with E-state index in [1.54, 1.807) is 0 Å². The summed E-state index contributed by atoms with van der Waals surface area (Å²) in [5, 5.41) is 3.51. The summed E-state index contributed by atoms with van der Waals surface area (Å²) in [5.41, 5.74) is 2.73. The molecule has 0 saturated carbocycles. The zero-order chi connectivity index (χ0) is 14.8. The molecule has 1 heterocycles. The summed E-state index contributed by atoms with van der Waals surface area (Å²) in [6, 6.07) is 4.29. The molecule has 0 amide bonds. The molecule has 0 bridgehead atoms. The highest BCUT2D eigenvalue weighted by atomic mass is 16.5. The quantitative estimate of drug-likeness (QED) is 0.893. The molecule has 1 aromatic rings. The monoisotopic (exact) mass is 277 g/mol. The predicted octanol–water partition coefficient (Wildman–Crippen LogP) is 3.54. The third-order valence-electron chi connectivity index (χ3n) is 3.35. The lowest BCUT2D eigenvalue weighted by atomic mass is 9.97. The van der Waals surface area contributed by atoms with Gasteiger partial charge in [0.25, 0.3) is 0 Å². The molecule has 1 unspecified atom stereocenters. The van der Waals surface area contributed by atoms with Crippen molar-refractivity contribution >= 4 is 0 Å². The maximum Gasteiger partial charge on any atom is 0.124 e. The minimum atomic E-state index is 0.275. The van der Waals surface area contributed by atoms with Crippen LogP contribution in [0.15, 0.2) is 12.1 Å². The second-order valence-electron chi connectivity index (χ2n) is 6.80. The summed E-state index contributed by atoms with van der Waals surface area (Å²) in [6.45, 7) is 13.3. The van der Waals surface area contributed by atoms with Crippen LogP contribution in [0, 0.1) is 5.41 Å². The first-order valence-electron chi connectivity index (χ1n) is 7.55. The first-order chi connectivity index (χ1) is 9.39. The number of rotatable bonds is 5. The molecular formula is C17H27NO2. The molecule has 1 atom stereocenters. The van der Waals surface area contributed by atoms with E-state index in [2.05, 4.69) is 45.1 Å². The average Bonchev–Trinajstić information content (AvgIpc) is 2.67. The van der Waals surface area contributed by atoms with Crippen molar-refractivity contribution in [3.8, 4) is 11.5 Å². The van der Waals surface area contributed by atoms with Gasteiger partial charge in [0.15, 0.2) is 0 Å². The van der Waals surface area contributed by atoms with Crippen LogP contribution in [0.3, 0.4) is 0 Å². The minimum absolute atomic E-state index is 0.275. The molecule has 112 valence electrons. The van der Waals surface area contributed by atoms with E-state index in [0.717, 1.165) is 31.0 Å². The molecule has 0 spiro atoms. The lowest BCUT2D eigenvalue weighted by molar-refractivity contribution is 0.254. The molecule has 3 heteroatoms. The fraction of sp³-hybridized carbons (Fsp3) is 0.647. The number of benzene rings is 1. The van der Waals surface area contributed by atoms with Gasteiger partial charge in [0.1, 0.15) is 17.6 Å². The van der Waals surface area contributed by atoms with Crippen molar-refractivity contribution in [1.29, 1.82) is 0 Å². The Morgan fingerprint density at radius 2 is 2.10 bits per heavy atom. The number of nitrogens with one attached hydrogen (secondary N) is 1. The SMILES string of the molecule is CCOc1cc2c(cc1CNCC(C)(C)C)OC(C)C2. The van der Waals surface area contributed by atoms with Crippen LogP contribution in [-0.4, -0.2) is 19.3 Å². The second-order valence-corrected chi connectivity index (χ2v) is 6.80. The van der Waals surface area contributed by atoms with Gasteiger partial charge in [-0.25, -0.2) is 0 Å². The van der Waals surface area contributed by atoms with Crippen molar-refractivity contribution in [2.75, 3.05) is 13.2 Å². The molecule has 3 nitrogen and oxygen atoms in total. The summed E-state index contributed by atoms with van der Waals surface area (Å²) < 4.78 is 11.6. The highest BCUT2D eigenvalue weighted by Gasteiger charge is 2.22. The molecule has 0 aliphatic carbocycles. The van der Waals surface area contributed by atoms with E-state index in [1.165, 1.54) is 11.1 Å². The second kappa shape index (κ2) is 6.04. The molecule has 0 radical (unpaired) electrons. The van der Waals surface area contributed by atoms with Crippen LogP contribution in [0.5, 0.6) is 11.5 Å². The van der Waals surface area contributed by atoms with Gasteiger partial charge in [0.05, 0.1) is 6.61 Å². The molecule has 1 N–H and O–H groups in total. The highest BCUT2D eigenvalue weighted by molar-refractivity contribution is 5.48. The summed E-state index contributed by atoms with van der Waals surface area (Å²) in [5.74, 6) is 2.01. The largest absolute Gasteiger partial charge is 0.494 e. The summed E-state index contributed by atoms with van der Waals surface area (Å²) >= 11 is 0. The fourth-order valence-corrected chi connectivity index (χ4v) is 2.48. The Kier molecular flexibility index (Phi) is 4.59. The predicted molar refractivity (Wildman–Crippen MR) is 82.6 cm³/mol. The van der Waals surface area contributed by atoms with E-state index >= 15 is 0 Å². The van der Waals surface area contributed by atoms with Gasteiger partial charge in [0, 0.05) is 30.6 Å². The Bertz CT molecular complexity index is 463. The Labute approximate surface area is 122 Å². The van der Waals surface area contributed by atoms with Gasteiger partial charge in [-0.2, -0.15) is 0 Å². The van der Waals surface area contributed by atoms with Crippen molar-refractivity contribution < 1.29 is 9.47 Å². The molecule has 1 aromatic carbocycles. The normalized spacial score (nSPS) is 17.8. The molecule has 1 aliphatic heterocycles. The van der Waals surface area contributed by atoms with E-state index in [1.807, 2.05) is 6.92 Å². The van der Waals surface area contributed by atoms with E-state index in [9.17, 15) is 0 Å². The van der Waals surface area contributed by atoms with Crippen LogP contribution >= 0.6 is 0 Å². The smallest absolute Gasteiger partial charge is 0.124 e. The Morgan fingerprint density at radius 1 is 1.35 bits per heavy atom. The van der Waals surface area contributed by atoms with Crippen LogP contribution in [0.2, 0.25) is 0 Å². The van der Waals surface area contributed by atoms with Crippen LogP contribution in [-0.2, 0) is 13.0 Å². The topological polar surface area (TPSA) is 30.5 Å². The van der Waals surface area contributed by atoms with Gasteiger partial charge in [-0.1, -0.05) is 20.8 Å². The zero-order valence-corrected chi connectivity index (χ0v) is 13.4. The standard InChI is InChI=1S/C17H27NO2/c1-6-19-15-8-13-7-12(2)20-16(13)9-14(15)10-18-11-17(3,4)5/h8-9,12,18H,6-7,10-11H2,1-5H3. The van der Waals surface area contributed by atoms with Gasteiger partial charge in [-0.15, -0.1) is 0 Å². The van der Waals surface area contributed by atoms with Crippen molar-refractivity contribution in [2.24, 2.45) is 5.41 Å². The van der Waals surface area contributed by atoms with Crippen LogP contribution in [0.4, 0.5) is 0 Å². The van der Waals surface area contributed by atoms with Crippen LogP contribution in [0.25, 0.3) is 0 Å². The Balaban J connectivity index is 2.12. The zero-order valence-electron chi connectivity index (χ0n) is 13.4. The summed E-state index contributed by atoms with van der Waals surface area (Å²) in [4.78, 5) is 0. The minimum Gasteiger partial charge on any atom is -0.494 e. The Morgan fingerprint density at radius 3 is 2.75 bits per heavy atom. The van der Waals surface area contributed by atoms with Crippen LogP contribution in [0.1, 0.15) is 45.7 Å². The van der Waals surface area contributed by atoms with Gasteiger partial charge in [-0.3, -0.25) is 0 Å². The third-order valence-corrected chi connectivity index (χ3v) is 3.35. The van der Waals surface area contributed by atoms with Crippen LogP contribution < -0.4 is 14.8 Å². The first-order valence-corrected chi connectivity index (χ1v) is 7.55. The van der Waals surface area contributed by atoms with Gasteiger partial charge < -0.3 is 14.8 Å². The third kappa shape index (κ3) is 3.89. The van der Waals surface area contributed by atoms with Crippen molar-refractivity contribution in [2.45, 2.75) is 53.7 Å². The van der Waals surface area contributed by atoms with Crippen molar-refractivity contribution in [3.63, 3.8) is 0 Å². The van der Waals surface area contributed by atoms with E-state index in [0.29, 0.717) is 6.61 Å². The van der Waals surface area contributed by atoms with Crippen molar-refractivity contribution in [1.82, 2.24) is 5.32 Å². The first kappa shape index (κ1) is 15.2. The summed E-state index contributed by atoms with van der Waals surface area (Å²) in [6.07, 6.45) is 1.25. The van der Waals surface area contributed by atoms with E-state index in [4.69, 9.17) is 9.47 Å². The van der Waals surface area contributed by atoms with E-state index < -0.39 is 0 Å². The van der Waals surface area contributed by atoms with Gasteiger partial charge >= 0.3 is 0 Å². The van der Waals surface area contributed by atoms with Gasteiger partial charge in [0.2, 0.25) is 0 Å². The fourth-order valence-electron chi connectivity index (χ4n) is 2.48. The maximum atomic E-state index is 5.84. The van der Waals surface area contributed by atoms with E-state index in [-0.39, 0.29) is 11.5 Å². The van der Waals surface area contributed by atoms with Crippen molar-refractivity contribution in [3.05, 3.63) is 23.3 Å². The lowest BCUT2D eigenvalue weighted by Gasteiger charge is -2.20. The molecule has 2 rings (SSSR count). The molecule has 0 aromatic heterocycles. The molecule has 0 saturated heterocycles. The number of hydrogen-bond donors (Lipinski definition) is 1.